The van der Waals surface area contributed by atoms with Crippen LogP contribution in [0.5, 0.6) is 0 Å². The highest BCUT2D eigenvalue weighted by atomic mass is 32.2. The van der Waals surface area contributed by atoms with E-state index in [4.69, 9.17) is 8.83 Å². The van der Waals surface area contributed by atoms with Gasteiger partial charge in [-0.15, -0.1) is 0 Å². The zero-order valence-electron chi connectivity index (χ0n) is 10.9. The molecule has 0 amide bonds. The summed E-state index contributed by atoms with van der Waals surface area (Å²) in [6.07, 6.45) is 3.06. The summed E-state index contributed by atoms with van der Waals surface area (Å²) in [6.45, 7) is 3.72. The van der Waals surface area contributed by atoms with E-state index in [1.807, 2.05) is 0 Å². The van der Waals surface area contributed by atoms with E-state index in [1.165, 1.54) is 16.8 Å². The van der Waals surface area contributed by atoms with Crippen LogP contribution in [0.3, 0.4) is 0 Å². The maximum atomic E-state index is 12.3. The first-order valence-electron chi connectivity index (χ1n) is 6.04. The molecule has 0 saturated heterocycles. The summed E-state index contributed by atoms with van der Waals surface area (Å²) < 4.78 is 36.5. The van der Waals surface area contributed by atoms with Gasteiger partial charge in [-0.2, -0.15) is 4.31 Å². The molecule has 0 fully saturated rings. The normalized spacial score (nSPS) is 12.4. The molecule has 0 N–H and O–H groups in total. The van der Waals surface area contributed by atoms with Crippen molar-refractivity contribution in [2.45, 2.75) is 32.2 Å². The highest BCUT2D eigenvalue weighted by Gasteiger charge is 2.27. The fourth-order valence-corrected chi connectivity index (χ4v) is 2.90. The van der Waals surface area contributed by atoms with Crippen LogP contribution in [0.4, 0.5) is 0 Å². The van der Waals surface area contributed by atoms with Gasteiger partial charge in [0.15, 0.2) is 0 Å². The minimum absolute atomic E-state index is 0.203. The van der Waals surface area contributed by atoms with Crippen molar-refractivity contribution < 1.29 is 17.3 Å². The van der Waals surface area contributed by atoms with Crippen LogP contribution in [0.1, 0.15) is 25.4 Å². The first kappa shape index (κ1) is 13.9. The van der Waals surface area contributed by atoms with Crippen LogP contribution in [0.2, 0.25) is 0 Å². The van der Waals surface area contributed by atoms with Crippen molar-refractivity contribution in [1.29, 1.82) is 0 Å². The Hall–Kier alpha value is -1.53. The van der Waals surface area contributed by atoms with E-state index >= 15 is 0 Å². The highest BCUT2D eigenvalue weighted by molar-refractivity contribution is 7.89. The Morgan fingerprint density at radius 2 is 1.53 bits per heavy atom. The summed E-state index contributed by atoms with van der Waals surface area (Å²) in [5.41, 5.74) is 0. The first-order chi connectivity index (χ1) is 9.00. The van der Waals surface area contributed by atoms with Gasteiger partial charge < -0.3 is 8.83 Å². The smallest absolute Gasteiger partial charge is 0.217 e. The van der Waals surface area contributed by atoms with Gasteiger partial charge in [-0.25, -0.2) is 8.42 Å². The summed E-state index contributed by atoms with van der Waals surface area (Å²) in [6, 6.07) is 6.99. The monoisotopic (exact) mass is 283 g/mol. The lowest BCUT2D eigenvalue weighted by atomic mass is 10.4. The van der Waals surface area contributed by atoms with E-state index in [0.717, 1.165) is 0 Å². The van der Waals surface area contributed by atoms with Crippen molar-refractivity contribution in [2.24, 2.45) is 0 Å². The minimum atomic E-state index is -3.38. The van der Waals surface area contributed by atoms with Gasteiger partial charge in [-0.1, -0.05) is 0 Å². The van der Waals surface area contributed by atoms with Crippen LogP contribution in [0.25, 0.3) is 0 Å². The Bertz CT molecular complexity index is 548. The molecular formula is C13H17NO4S. The van der Waals surface area contributed by atoms with Crippen molar-refractivity contribution in [2.75, 3.05) is 0 Å². The Labute approximate surface area is 112 Å². The Morgan fingerprint density at radius 1 is 1.05 bits per heavy atom. The topological polar surface area (TPSA) is 63.7 Å². The molecule has 2 heterocycles. The van der Waals surface area contributed by atoms with Gasteiger partial charge in [0.05, 0.1) is 30.9 Å². The molecule has 0 radical (unpaired) electrons. The number of rotatable bonds is 6. The predicted octanol–water partition coefficient (Wildman–Crippen LogP) is 2.61. The summed E-state index contributed by atoms with van der Waals surface area (Å²) in [7, 11) is -3.38. The van der Waals surface area contributed by atoms with Gasteiger partial charge in [-0.05, 0) is 38.1 Å². The van der Waals surface area contributed by atoms with Crippen molar-refractivity contribution in [3.8, 4) is 0 Å². The van der Waals surface area contributed by atoms with Gasteiger partial charge in [-0.3, -0.25) is 0 Å². The maximum Gasteiger partial charge on any atom is 0.217 e. The van der Waals surface area contributed by atoms with Crippen molar-refractivity contribution in [1.82, 2.24) is 4.31 Å². The van der Waals surface area contributed by atoms with E-state index in [2.05, 4.69) is 0 Å². The molecule has 2 aromatic heterocycles. The predicted molar refractivity (Wildman–Crippen MR) is 70.7 cm³/mol. The van der Waals surface area contributed by atoms with E-state index in [0.29, 0.717) is 11.5 Å². The molecular weight excluding hydrogens is 266 g/mol. The van der Waals surface area contributed by atoms with E-state index < -0.39 is 15.3 Å². The van der Waals surface area contributed by atoms with Crippen LogP contribution in [0.15, 0.2) is 45.6 Å². The van der Waals surface area contributed by atoms with E-state index in [1.54, 1.807) is 38.1 Å². The van der Waals surface area contributed by atoms with Crippen LogP contribution < -0.4 is 0 Å². The molecule has 6 heteroatoms. The minimum Gasteiger partial charge on any atom is -0.468 e. The lowest BCUT2D eigenvalue weighted by Gasteiger charge is -2.22. The van der Waals surface area contributed by atoms with Crippen LogP contribution in [-0.2, 0) is 23.1 Å². The zero-order chi connectivity index (χ0) is 13.9. The number of hydrogen-bond acceptors (Lipinski definition) is 4. The average molecular weight is 283 g/mol. The number of furan rings is 2. The van der Waals surface area contributed by atoms with Crippen LogP contribution in [0, 0.1) is 0 Å². The summed E-state index contributed by atoms with van der Waals surface area (Å²) in [5, 5.41) is -0.488. The molecule has 0 aliphatic heterocycles. The SMILES string of the molecule is CC(C)S(=O)(=O)N(Cc1ccco1)Cc1ccco1. The second-order valence-electron chi connectivity index (χ2n) is 4.52. The average Bonchev–Trinajstić information content (AvgIpc) is 3.00. The van der Waals surface area contributed by atoms with Gasteiger partial charge in [0.1, 0.15) is 11.5 Å². The molecule has 0 aromatic carbocycles. The maximum absolute atomic E-state index is 12.3. The molecule has 0 bridgehead atoms. The second-order valence-corrected chi connectivity index (χ2v) is 7.01. The third kappa shape index (κ3) is 3.27. The van der Waals surface area contributed by atoms with Crippen molar-refractivity contribution in [3.05, 3.63) is 48.3 Å². The molecule has 19 heavy (non-hydrogen) atoms. The zero-order valence-corrected chi connectivity index (χ0v) is 11.8. The molecule has 0 aliphatic rings. The molecule has 0 saturated carbocycles. The standard InChI is InChI=1S/C13H17NO4S/c1-11(2)19(15,16)14(9-12-5-3-7-17-12)10-13-6-4-8-18-13/h3-8,11H,9-10H2,1-2H3. The van der Waals surface area contributed by atoms with Crippen molar-refractivity contribution in [3.63, 3.8) is 0 Å². The lowest BCUT2D eigenvalue weighted by molar-refractivity contribution is 0.328. The molecule has 0 atom stereocenters. The van der Waals surface area contributed by atoms with Crippen LogP contribution in [-0.4, -0.2) is 18.0 Å². The third-order valence-electron chi connectivity index (χ3n) is 2.78. The Kier molecular flexibility index (Phi) is 4.11. The Morgan fingerprint density at radius 3 is 1.84 bits per heavy atom. The second kappa shape index (κ2) is 5.63. The summed E-state index contributed by atoms with van der Waals surface area (Å²) in [5.74, 6) is 1.21. The number of nitrogens with zero attached hydrogens (tertiary/aromatic N) is 1. The molecule has 5 nitrogen and oxygen atoms in total. The van der Waals surface area contributed by atoms with E-state index in [-0.39, 0.29) is 13.1 Å². The lowest BCUT2D eigenvalue weighted by Crippen LogP contribution is -2.35. The van der Waals surface area contributed by atoms with Gasteiger partial charge >= 0.3 is 0 Å². The molecule has 0 spiro atoms. The fourth-order valence-electron chi connectivity index (χ4n) is 1.69. The van der Waals surface area contributed by atoms with Gasteiger partial charge in [0, 0.05) is 0 Å². The highest BCUT2D eigenvalue weighted by Crippen LogP contribution is 2.18. The molecule has 2 rings (SSSR count). The molecule has 0 unspecified atom stereocenters. The molecule has 104 valence electrons. The van der Waals surface area contributed by atoms with Gasteiger partial charge in [0.25, 0.3) is 0 Å². The number of sulfonamides is 1. The third-order valence-corrected chi connectivity index (χ3v) is 4.95. The quantitative estimate of drug-likeness (QED) is 0.817. The summed E-state index contributed by atoms with van der Waals surface area (Å²) >= 11 is 0. The Balaban J connectivity index is 2.23. The molecule has 2 aromatic rings. The van der Waals surface area contributed by atoms with E-state index in [9.17, 15) is 8.42 Å². The summed E-state index contributed by atoms with van der Waals surface area (Å²) in [4.78, 5) is 0. The molecule has 0 aliphatic carbocycles. The largest absolute Gasteiger partial charge is 0.468 e. The first-order valence-corrected chi connectivity index (χ1v) is 7.54. The van der Waals surface area contributed by atoms with Gasteiger partial charge in [0.2, 0.25) is 10.0 Å². The van der Waals surface area contributed by atoms with Crippen molar-refractivity contribution >= 4 is 10.0 Å². The fraction of sp³-hybridized carbons (Fsp3) is 0.385. The number of hydrogen-bond donors (Lipinski definition) is 0. The van der Waals surface area contributed by atoms with Crippen LogP contribution >= 0.6 is 0 Å².